The first-order valence-electron chi connectivity index (χ1n) is 5.82. The summed E-state index contributed by atoms with van der Waals surface area (Å²) < 4.78 is 78.5. The van der Waals surface area contributed by atoms with Crippen LogP contribution in [-0.2, 0) is 10.0 Å². The summed E-state index contributed by atoms with van der Waals surface area (Å²) in [7, 11) is -4.88. The molecule has 0 aliphatic carbocycles. The van der Waals surface area contributed by atoms with Crippen molar-refractivity contribution < 1.29 is 31.1 Å². The highest BCUT2D eigenvalue weighted by Crippen LogP contribution is 2.24. The predicted octanol–water partition coefficient (Wildman–Crippen LogP) is 1.85. The standard InChI is InChI=1S/C12H13F4NO3S/c1-2-3-4-7(6-18)17-21(19,20)12-10(15)8(13)5-9(14)11(12)16/h2-3,5,7,17-18H,4,6H2,1H3/b3-2+. The molecule has 1 aromatic rings. The second-order valence-electron chi connectivity index (χ2n) is 4.10. The van der Waals surface area contributed by atoms with Gasteiger partial charge in [-0.25, -0.2) is 30.7 Å². The largest absolute Gasteiger partial charge is 0.395 e. The molecule has 0 radical (unpaired) electrons. The minimum Gasteiger partial charge on any atom is -0.395 e. The topological polar surface area (TPSA) is 66.4 Å². The molecule has 0 aliphatic heterocycles. The molecule has 1 atom stereocenters. The zero-order valence-electron chi connectivity index (χ0n) is 10.9. The summed E-state index contributed by atoms with van der Waals surface area (Å²) in [6.45, 7) is 0.981. The molecule has 1 unspecified atom stereocenters. The molecule has 0 spiro atoms. The molecule has 0 aliphatic rings. The summed E-state index contributed by atoms with van der Waals surface area (Å²) in [5.74, 6) is -7.71. The average Bonchev–Trinajstić information content (AvgIpc) is 2.41. The second-order valence-corrected chi connectivity index (χ2v) is 5.75. The number of hydrogen-bond donors (Lipinski definition) is 2. The summed E-state index contributed by atoms with van der Waals surface area (Å²) in [6.07, 6.45) is 3.11. The third-order valence-electron chi connectivity index (χ3n) is 2.54. The van der Waals surface area contributed by atoms with Gasteiger partial charge in [0.15, 0.2) is 28.2 Å². The Balaban J connectivity index is 3.25. The van der Waals surface area contributed by atoms with Gasteiger partial charge < -0.3 is 5.11 Å². The Kier molecular flexibility index (Phi) is 5.87. The number of aliphatic hydroxyl groups excluding tert-OH is 1. The van der Waals surface area contributed by atoms with Crippen molar-refractivity contribution in [3.63, 3.8) is 0 Å². The van der Waals surface area contributed by atoms with Crippen LogP contribution in [0.25, 0.3) is 0 Å². The molecule has 0 fully saturated rings. The van der Waals surface area contributed by atoms with E-state index in [1.54, 1.807) is 17.7 Å². The van der Waals surface area contributed by atoms with Gasteiger partial charge >= 0.3 is 0 Å². The molecule has 4 nitrogen and oxygen atoms in total. The highest BCUT2D eigenvalue weighted by atomic mass is 32.2. The Morgan fingerprint density at radius 2 is 1.76 bits per heavy atom. The summed E-state index contributed by atoms with van der Waals surface area (Å²) in [4.78, 5) is -1.75. The van der Waals surface area contributed by atoms with Gasteiger partial charge in [0.25, 0.3) is 0 Å². The van der Waals surface area contributed by atoms with E-state index in [2.05, 4.69) is 0 Å². The van der Waals surface area contributed by atoms with Crippen molar-refractivity contribution >= 4 is 10.0 Å². The van der Waals surface area contributed by atoms with Crippen LogP contribution in [0.15, 0.2) is 23.1 Å². The summed E-state index contributed by atoms with van der Waals surface area (Å²) >= 11 is 0. The molecule has 0 heterocycles. The molecule has 9 heteroatoms. The molecule has 118 valence electrons. The lowest BCUT2D eigenvalue weighted by Gasteiger charge is -2.15. The number of sulfonamides is 1. The Morgan fingerprint density at radius 1 is 1.24 bits per heavy atom. The molecule has 1 aromatic carbocycles. The van der Waals surface area contributed by atoms with E-state index in [9.17, 15) is 26.0 Å². The normalized spacial score (nSPS) is 13.8. The highest BCUT2D eigenvalue weighted by Gasteiger charge is 2.31. The number of allylic oxidation sites excluding steroid dienone is 1. The zero-order chi connectivity index (χ0) is 16.2. The van der Waals surface area contributed by atoms with E-state index in [-0.39, 0.29) is 12.5 Å². The van der Waals surface area contributed by atoms with E-state index in [1.807, 2.05) is 0 Å². The quantitative estimate of drug-likeness (QED) is 0.476. The Hall–Kier alpha value is -1.45. The van der Waals surface area contributed by atoms with Crippen LogP contribution in [0.1, 0.15) is 13.3 Å². The first-order valence-corrected chi connectivity index (χ1v) is 7.30. The minimum absolute atomic E-state index is 0.0350. The lowest BCUT2D eigenvalue weighted by molar-refractivity contribution is 0.257. The van der Waals surface area contributed by atoms with Crippen molar-refractivity contribution in [2.24, 2.45) is 0 Å². The predicted molar refractivity (Wildman–Crippen MR) is 66.9 cm³/mol. The average molecular weight is 327 g/mol. The number of nitrogens with one attached hydrogen (secondary N) is 1. The van der Waals surface area contributed by atoms with Crippen LogP contribution in [0.4, 0.5) is 17.6 Å². The van der Waals surface area contributed by atoms with Crippen LogP contribution >= 0.6 is 0 Å². The van der Waals surface area contributed by atoms with E-state index in [4.69, 9.17) is 5.11 Å². The fourth-order valence-electron chi connectivity index (χ4n) is 1.53. The first-order chi connectivity index (χ1) is 9.74. The molecule has 0 saturated heterocycles. The Bertz CT molecular complexity index is 620. The molecule has 1 rings (SSSR count). The van der Waals surface area contributed by atoms with Crippen LogP contribution < -0.4 is 4.72 Å². The van der Waals surface area contributed by atoms with Gasteiger partial charge in [-0.15, -0.1) is 0 Å². The van der Waals surface area contributed by atoms with Crippen molar-refractivity contribution in [1.82, 2.24) is 4.72 Å². The lowest BCUT2D eigenvalue weighted by Crippen LogP contribution is -2.38. The van der Waals surface area contributed by atoms with E-state index in [0.29, 0.717) is 0 Å². The van der Waals surface area contributed by atoms with Gasteiger partial charge in [-0.2, -0.15) is 0 Å². The third-order valence-corrected chi connectivity index (χ3v) is 4.08. The van der Waals surface area contributed by atoms with Crippen LogP contribution in [-0.4, -0.2) is 26.2 Å². The lowest BCUT2D eigenvalue weighted by atomic mass is 10.2. The van der Waals surface area contributed by atoms with E-state index in [1.165, 1.54) is 6.08 Å². The number of hydrogen-bond acceptors (Lipinski definition) is 3. The third kappa shape index (κ3) is 4.02. The fourth-order valence-corrected chi connectivity index (χ4v) is 2.92. The molecule has 0 saturated carbocycles. The summed E-state index contributed by atoms with van der Waals surface area (Å²) in [5.41, 5.74) is 0. The Morgan fingerprint density at radius 3 is 2.19 bits per heavy atom. The summed E-state index contributed by atoms with van der Waals surface area (Å²) in [5, 5.41) is 9.01. The van der Waals surface area contributed by atoms with Crippen LogP contribution in [0.3, 0.4) is 0 Å². The van der Waals surface area contributed by atoms with Gasteiger partial charge in [-0.3, -0.25) is 0 Å². The Labute approximate surface area is 119 Å². The maximum atomic E-state index is 13.5. The first kappa shape index (κ1) is 17.6. The van der Waals surface area contributed by atoms with Crippen molar-refractivity contribution in [3.05, 3.63) is 41.5 Å². The van der Waals surface area contributed by atoms with Gasteiger partial charge in [0.1, 0.15) is 0 Å². The van der Waals surface area contributed by atoms with Gasteiger partial charge in [-0.1, -0.05) is 12.2 Å². The second kappa shape index (κ2) is 7.01. The maximum absolute atomic E-state index is 13.5. The monoisotopic (exact) mass is 327 g/mol. The SMILES string of the molecule is C/C=C/CC(CO)NS(=O)(=O)c1c(F)c(F)cc(F)c1F. The van der Waals surface area contributed by atoms with Gasteiger partial charge in [0.05, 0.1) is 6.61 Å². The molecule has 0 bridgehead atoms. The molecular weight excluding hydrogens is 314 g/mol. The van der Waals surface area contributed by atoms with Crippen LogP contribution in [0.2, 0.25) is 0 Å². The molecule has 2 N–H and O–H groups in total. The smallest absolute Gasteiger partial charge is 0.246 e. The van der Waals surface area contributed by atoms with Gasteiger partial charge in [-0.05, 0) is 13.3 Å². The van der Waals surface area contributed by atoms with E-state index >= 15 is 0 Å². The van der Waals surface area contributed by atoms with E-state index in [0.717, 1.165) is 0 Å². The fraction of sp³-hybridized carbons (Fsp3) is 0.333. The number of rotatable bonds is 6. The molecule has 0 amide bonds. The van der Waals surface area contributed by atoms with Crippen molar-refractivity contribution in [3.8, 4) is 0 Å². The highest BCUT2D eigenvalue weighted by molar-refractivity contribution is 7.89. The van der Waals surface area contributed by atoms with Crippen molar-refractivity contribution in [1.29, 1.82) is 0 Å². The van der Waals surface area contributed by atoms with Gasteiger partial charge in [0.2, 0.25) is 10.0 Å². The van der Waals surface area contributed by atoms with Crippen LogP contribution in [0.5, 0.6) is 0 Å². The summed E-state index contributed by atoms with van der Waals surface area (Å²) in [6, 6.07) is -1.18. The minimum atomic E-state index is -4.88. The van der Waals surface area contributed by atoms with Crippen molar-refractivity contribution in [2.75, 3.05) is 6.61 Å². The molecular formula is C12H13F4NO3S. The zero-order valence-corrected chi connectivity index (χ0v) is 11.7. The molecule has 0 aromatic heterocycles. The number of halogens is 4. The molecule has 21 heavy (non-hydrogen) atoms. The number of aliphatic hydroxyl groups is 1. The van der Waals surface area contributed by atoms with E-state index < -0.39 is 50.8 Å². The number of benzene rings is 1. The van der Waals surface area contributed by atoms with Gasteiger partial charge in [0, 0.05) is 12.1 Å². The van der Waals surface area contributed by atoms with Crippen LogP contribution in [0, 0.1) is 23.3 Å². The maximum Gasteiger partial charge on any atom is 0.246 e. The van der Waals surface area contributed by atoms with Crippen molar-refractivity contribution in [2.45, 2.75) is 24.3 Å².